The Hall–Kier alpha value is -2.99. The van der Waals surface area contributed by atoms with Gasteiger partial charge in [0.15, 0.2) is 11.3 Å². The van der Waals surface area contributed by atoms with Crippen LogP contribution in [0, 0.1) is 6.92 Å². The van der Waals surface area contributed by atoms with Gasteiger partial charge >= 0.3 is 5.97 Å². The number of esters is 1. The molecular formula is C18H13ClN4O2. The van der Waals surface area contributed by atoms with E-state index >= 15 is 0 Å². The van der Waals surface area contributed by atoms with Gasteiger partial charge in [-0.15, -0.1) is 0 Å². The highest BCUT2D eigenvalue weighted by atomic mass is 35.5. The lowest BCUT2D eigenvalue weighted by Gasteiger charge is -2.09. The molecule has 25 heavy (non-hydrogen) atoms. The number of fused-ring (bicyclic) bond motifs is 3. The number of halogens is 1. The molecule has 0 aliphatic heterocycles. The Morgan fingerprint density at radius 2 is 2.08 bits per heavy atom. The van der Waals surface area contributed by atoms with Gasteiger partial charge < -0.3 is 4.74 Å². The van der Waals surface area contributed by atoms with E-state index in [2.05, 4.69) is 15.1 Å². The van der Waals surface area contributed by atoms with Crippen molar-refractivity contribution >= 4 is 34.3 Å². The first-order valence-electron chi connectivity index (χ1n) is 7.62. The highest BCUT2D eigenvalue weighted by Crippen LogP contribution is 2.31. The van der Waals surface area contributed by atoms with Gasteiger partial charge in [-0.25, -0.2) is 9.97 Å². The van der Waals surface area contributed by atoms with E-state index < -0.39 is 0 Å². The first-order valence-corrected chi connectivity index (χ1v) is 7.99. The summed E-state index contributed by atoms with van der Waals surface area (Å²) in [6.45, 7) is 3.26. The predicted octanol–water partition coefficient (Wildman–Crippen LogP) is 3.83. The van der Waals surface area contributed by atoms with Crippen molar-refractivity contribution in [3.8, 4) is 16.9 Å². The number of rotatable bonds is 2. The molecule has 124 valence electrons. The average molecular weight is 353 g/mol. The summed E-state index contributed by atoms with van der Waals surface area (Å²) in [4.78, 5) is 20.1. The summed E-state index contributed by atoms with van der Waals surface area (Å²) < 4.78 is 6.81. The molecule has 7 heteroatoms. The van der Waals surface area contributed by atoms with Crippen molar-refractivity contribution in [3.05, 3.63) is 53.4 Å². The van der Waals surface area contributed by atoms with Crippen molar-refractivity contribution in [2.24, 2.45) is 0 Å². The van der Waals surface area contributed by atoms with E-state index in [9.17, 15) is 4.79 Å². The topological polar surface area (TPSA) is 69.4 Å². The molecule has 0 amide bonds. The zero-order valence-electron chi connectivity index (χ0n) is 13.5. The predicted molar refractivity (Wildman–Crippen MR) is 94.8 cm³/mol. The number of pyridine rings is 1. The molecule has 0 N–H and O–H groups in total. The normalized spacial score (nSPS) is 11.2. The number of carbonyl (C=O) groups excluding carboxylic acids is 1. The Morgan fingerprint density at radius 1 is 1.24 bits per heavy atom. The van der Waals surface area contributed by atoms with Crippen LogP contribution in [-0.4, -0.2) is 25.6 Å². The van der Waals surface area contributed by atoms with Gasteiger partial charge in [0.2, 0.25) is 0 Å². The Labute approximate surface area is 148 Å². The second-order valence-corrected chi connectivity index (χ2v) is 6.03. The zero-order valence-corrected chi connectivity index (χ0v) is 14.3. The van der Waals surface area contributed by atoms with Crippen LogP contribution < -0.4 is 4.74 Å². The lowest BCUT2D eigenvalue weighted by Crippen LogP contribution is -2.01. The minimum absolute atomic E-state index is 0.341. The van der Waals surface area contributed by atoms with Crippen LogP contribution in [0.15, 0.2) is 42.6 Å². The van der Waals surface area contributed by atoms with Gasteiger partial charge in [-0.2, -0.15) is 9.61 Å². The molecule has 0 spiro atoms. The smallest absolute Gasteiger partial charge is 0.308 e. The summed E-state index contributed by atoms with van der Waals surface area (Å²) in [5.41, 5.74) is 3.75. The molecule has 4 rings (SSSR count). The van der Waals surface area contributed by atoms with Gasteiger partial charge in [0.25, 0.3) is 0 Å². The Morgan fingerprint density at radius 3 is 2.88 bits per heavy atom. The molecule has 6 nitrogen and oxygen atoms in total. The number of hydrogen-bond donors (Lipinski definition) is 0. The summed E-state index contributed by atoms with van der Waals surface area (Å²) in [7, 11) is 0. The van der Waals surface area contributed by atoms with Crippen LogP contribution in [0.4, 0.5) is 0 Å². The minimum atomic E-state index is -0.375. The standard InChI is InChI=1S/C18H13ClN4O2/c1-10-6-16-20-9-13-8-15(17(19)21-18(13)23(16)22-10)12-4-3-5-14(7-12)25-11(2)24/h3-9H,1-2H3. The minimum Gasteiger partial charge on any atom is -0.427 e. The van der Waals surface area contributed by atoms with E-state index in [0.717, 1.165) is 27.9 Å². The maximum absolute atomic E-state index is 11.2. The molecule has 0 atom stereocenters. The van der Waals surface area contributed by atoms with Crippen LogP contribution in [0.5, 0.6) is 5.75 Å². The average Bonchev–Trinajstić information content (AvgIpc) is 2.95. The lowest BCUT2D eigenvalue weighted by molar-refractivity contribution is -0.131. The van der Waals surface area contributed by atoms with Gasteiger partial charge in [0.1, 0.15) is 10.9 Å². The number of benzene rings is 1. The Kier molecular flexibility index (Phi) is 3.62. The van der Waals surface area contributed by atoms with Crippen molar-refractivity contribution in [2.75, 3.05) is 0 Å². The molecule has 3 aromatic heterocycles. The lowest BCUT2D eigenvalue weighted by atomic mass is 10.1. The fraction of sp³-hybridized carbons (Fsp3) is 0.111. The number of carbonyl (C=O) groups is 1. The SMILES string of the molecule is CC(=O)Oc1cccc(-c2cc3cnc4cc(C)nn4c3nc2Cl)c1. The maximum atomic E-state index is 11.2. The molecule has 0 aliphatic carbocycles. The van der Waals surface area contributed by atoms with E-state index in [1.807, 2.05) is 25.1 Å². The fourth-order valence-corrected chi connectivity index (χ4v) is 2.97. The molecule has 0 unspecified atom stereocenters. The summed E-state index contributed by atoms with van der Waals surface area (Å²) in [5, 5.41) is 5.56. The third-order valence-electron chi connectivity index (χ3n) is 3.74. The molecule has 3 heterocycles. The number of aryl methyl sites for hydroxylation is 1. The van der Waals surface area contributed by atoms with Crippen molar-refractivity contribution < 1.29 is 9.53 Å². The molecule has 0 bridgehead atoms. The Bertz CT molecular complexity index is 1140. The molecule has 1 aromatic carbocycles. The van der Waals surface area contributed by atoms with Crippen molar-refractivity contribution in [1.29, 1.82) is 0 Å². The van der Waals surface area contributed by atoms with Gasteiger partial charge in [-0.1, -0.05) is 23.7 Å². The van der Waals surface area contributed by atoms with E-state index in [1.54, 1.807) is 28.9 Å². The highest BCUT2D eigenvalue weighted by Gasteiger charge is 2.12. The largest absolute Gasteiger partial charge is 0.427 e. The zero-order chi connectivity index (χ0) is 17.6. The van der Waals surface area contributed by atoms with Crippen molar-refractivity contribution in [3.63, 3.8) is 0 Å². The van der Waals surface area contributed by atoms with Crippen molar-refractivity contribution in [1.82, 2.24) is 19.6 Å². The van der Waals surface area contributed by atoms with E-state index in [0.29, 0.717) is 16.5 Å². The number of aromatic nitrogens is 4. The summed E-state index contributed by atoms with van der Waals surface area (Å²) >= 11 is 6.42. The molecule has 0 saturated heterocycles. The van der Waals surface area contributed by atoms with Gasteiger partial charge in [-0.3, -0.25) is 4.79 Å². The summed E-state index contributed by atoms with van der Waals surface area (Å²) in [6, 6.07) is 10.9. The quantitative estimate of drug-likeness (QED) is 0.311. The van der Waals surface area contributed by atoms with E-state index in [4.69, 9.17) is 16.3 Å². The fourth-order valence-electron chi connectivity index (χ4n) is 2.73. The molecule has 0 radical (unpaired) electrons. The first-order chi connectivity index (χ1) is 12.0. The molecule has 0 saturated carbocycles. The summed E-state index contributed by atoms with van der Waals surface area (Å²) in [5.74, 6) is 0.0815. The van der Waals surface area contributed by atoms with Crippen LogP contribution in [0.2, 0.25) is 5.15 Å². The second kappa shape index (κ2) is 5.82. The van der Waals surface area contributed by atoms with Crippen LogP contribution in [0.1, 0.15) is 12.6 Å². The second-order valence-electron chi connectivity index (χ2n) is 5.67. The van der Waals surface area contributed by atoms with E-state index in [-0.39, 0.29) is 5.97 Å². The van der Waals surface area contributed by atoms with Gasteiger partial charge in [0.05, 0.1) is 5.69 Å². The van der Waals surface area contributed by atoms with Crippen LogP contribution in [-0.2, 0) is 4.79 Å². The van der Waals surface area contributed by atoms with Crippen LogP contribution >= 0.6 is 11.6 Å². The first kappa shape index (κ1) is 15.5. The number of nitrogens with zero attached hydrogens (tertiary/aromatic N) is 4. The molecule has 0 aliphatic rings. The summed E-state index contributed by atoms with van der Waals surface area (Å²) in [6.07, 6.45) is 1.74. The molecular weight excluding hydrogens is 340 g/mol. The van der Waals surface area contributed by atoms with Crippen LogP contribution in [0.25, 0.3) is 27.8 Å². The molecule has 0 fully saturated rings. The van der Waals surface area contributed by atoms with Gasteiger partial charge in [0, 0.05) is 30.1 Å². The maximum Gasteiger partial charge on any atom is 0.308 e. The molecule has 4 aromatic rings. The van der Waals surface area contributed by atoms with Crippen LogP contribution in [0.3, 0.4) is 0 Å². The van der Waals surface area contributed by atoms with Crippen molar-refractivity contribution in [2.45, 2.75) is 13.8 Å². The number of hydrogen-bond acceptors (Lipinski definition) is 5. The Balaban J connectivity index is 1.89. The monoisotopic (exact) mass is 352 g/mol. The van der Waals surface area contributed by atoms with E-state index in [1.165, 1.54) is 6.92 Å². The third kappa shape index (κ3) is 2.81. The third-order valence-corrected chi connectivity index (χ3v) is 4.03. The van der Waals surface area contributed by atoms with Gasteiger partial charge in [-0.05, 0) is 30.7 Å². The highest BCUT2D eigenvalue weighted by molar-refractivity contribution is 6.32. The number of ether oxygens (including phenoxy) is 1.